The molecule has 0 bridgehead atoms. The van der Waals surface area contributed by atoms with Crippen molar-refractivity contribution in [1.29, 1.82) is 0 Å². The summed E-state index contributed by atoms with van der Waals surface area (Å²) in [7, 11) is 0. The van der Waals surface area contributed by atoms with Gasteiger partial charge in [0.25, 0.3) is 0 Å². The van der Waals surface area contributed by atoms with Crippen molar-refractivity contribution in [2.75, 3.05) is 36.6 Å². The second-order valence-electron chi connectivity index (χ2n) is 8.06. The van der Waals surface area contributed by atoms with Gasteiger partial charge in [0.15, 0.2) is 0 Å². The Labute approximate surface area is 188 Å². The maximum atomic E-state index is 5.58. The molecule has 6 nitrogen and oxygen atoms in total. The van der Waals surface area contributed by atoms with Gasteiger partial charge in [-0.05, 0) is 31.0 Å². The van der Waals surface area contributed by atoms with Crippen molar-refractivity contribution in [2.24, 2.45) is 5.10 Å². The molecule has 32 heavy (non-hydrogen) atoms. The summed E-state index contributed by atoms with van der Waals surface area (Å²) in [5.74, 6) is 1.05. The van der Waals surface area contributed by atoms with Crippen LogP contribution in [0.1, 0.15) is 16.7 Å². The number of hydrogen-bond acceptors (Lipinski definition) is 5. The molecule has 0 spiro atoms. The molecule has 0 aliphatic carbocycles. The molecule has 5 rings (SSSR count). The summed E-state index contributed by atoms with van der Waals surface area (Å²) < 4.78 is 7.63. The van der Waals surface area contributed by atoms with Crippen LogP contribution >= 0.6 is 0 Å². The van der Waals surface area contributed by atoms with Crippen molar-refractivity contribution in [1.82, 2.24) is 9.61 Å². The van der Waals surface area contributed by atoms with Crippen molar-refractivity contribution < 1.29 is 4.74 Å². The molecule has 0 atom stereocenters. The molecule has 0 amide bonds. The van der Waals surface area contributed by atoms with Crippen LogP contribution in [0.15, 0.2) is 71.8 Å². The minimum Gasteiger partial charge on any atom is -0.378 e. The highest BCUT2D eigenvalue weighted by Crippen LogP contribution is 2.31. The van der Waals surface area contributed by atoms with E-state index >= 15 is 0 Å². The quantitative estimate of drug-likeness (QED) is 0.365. The van der Waals surface area contributed by atoms with E-state index in [1.165, 1.54) is 5.56 Å². The van der Waals surface area contributed by atoms with Crippen LogP contribution in [0.4, 0.5) is 11.5 Å². The van der Waals surface area contributed by atoms with Gasteiger partial charge in [0.05, 0.1) is 36.3 Å². The highest BCUT2D eigenvalue weighted by molar-refractivity contribution is 5.83. The maximum absolute atomic E-state index is 5.58. The monoisotopic (exact) mass is 425 g/mol. The Balaban J connectivity index is 1.56. The lowest BCUT2D eigenvalue weighted by Gasteiger charge is -2.29. The Morgan fingerprint density at radius 2 is 1.72 bits per heavy atom. The number of fused-ring (bicyclic) bond motifs is 1. The van der Waals surface area contributed by atoms with E-state index in [0.717, 1.165) is 65.7 Å². The van der Waals surface area contributed by atoms with Gasteiger partial charge in [0.1, 0.15) is 5.82 Å². The van der Waals surface area contributed by atoms with Gasteiger partial charge in [-0.2, -0.15) is 10.2 Å². The van der Waals surface area contributed by atoms with Gasteiger partial charge < -0.3 is 9.64 Å². The fourth-order valence-corrected chi connectivity index (χ4v) is 4.05. The second kappa shape index (κ2) is 8.85. The van der Waals surface area contributed by atoms with Crippen molar-refractivity contribution in [3.8, 4) is 11.3 Å². The first-order chi connectivity index (χ1) is 15.7. The molecule has 0 radical (unpaired) electrons. The topological polar surface area (TPSA) is 54.2 Å². The largest absolute Gasteiger partial charge is 0.378 e. The first kappa shape index (κ1) is 20.3. The van der Waals surface area contributed by atoms with E-state index in [9.17, 15) is 0 Å². The molecule has 6 heteroatoms. The van der Waals surface area contributed by atoms with Crippen molar-refractivity contribution >= 4 is 23.2 Å². The Hall–Kier alpha value is -3.64. The molecular formula is C26H27N5O. The van der Waals surface area contributed by atoms with E-state index in [4.69, 9.17) is 9.84 Å². The number of aromatic nitrogens is 2. The summed E-state index contributed by atoms with van der Waals surface area (Å²) in [5.41, 5.74) is 10.8. The first-order valence-electron chi connectivity index (χ1n) is 11.0. The molecule has 1 aliphatic rings. The SMILES string of the molecule is Cc1ccccc1/C=N/Nc1cc(N2CCOCC2)n2nc(-c3ccccc3)cc2c1C. The molecule has 0 saturated carbocycles. The van der Waals surface area contributed by atoms with Gasteiger partial charge in [-0.15, -0.1) is 0 Å². The van der Waals surface area contributed by atoms with Gasteiger partial charge in [0, 0.05) is 30.3 Å². The van der Waals surface area contributed by atoms with Crippen LogP contribution in [-0.2, 0) is 4.74 Å². The van der Waals surface area contributed by atoms with Crippen molar-refractivity contribution in [3.05, 3.63) is 83.4 Å². The number of nitrogens with zero attached hydrogens (tertiary/aromatic N) is 4. The number of aryl methyl sites for hydroxylation is 2. The zero-order valence-electron chi connectivity index (χ0n) is 18.5. The third-order valence-corrected chi connectivity index (χ3v) is 5.97. The average Bonchev–Trinajstić information content (AvgIpc) is 3.29. The Bertz CT molecular complexity index is 1260. The number of hydrogen-bond donors (Lipinski definition) is 1. The number of anilines is 2. The number of pyridine rings is 1. The summed E-state index contributed by atoms with van der Waals surface area (Å²) in [6.45, 7) is 7.31. The minimum atomic E-state index is 0.719. The lowest BCUT2D eigenvalue weighted by atomic mass is 10.1. The summed E-state index contributed by atoms with van der Waals surface area (Å²) in [5, 5.41) is 9.51. The lowest BCUT2D eigenvalue weighted by molar-refractivity contribution is 0.122. The van der Waals surface area contributed by atoms with Crippen LogP contribution in [-0.4, -0.2) is 42.1 Å². The number of hydrazone groups is 1. The fraction of sp³-hybridized carbons (Fsp3) is 0.231. The number of benzene rings is 2. The van der Waals surface area contributed by atoms with Crippen molar-refractivity contribution in [2.45, 2.75) is 13.8 Å². The zero-order chi connectivity index (χ0) is 21.9. The Morgan fingerprint density at radius 3 is 2.50 bits per heavy atom. The molecule has 1 aliphatic heterocycles. The minimum absolute atomic E-state index is 0.719. The summed E-state index contributed by atoms with van der Waals surface area (Å²) in [6, 6.07) is 22.8. The lowest BCUT2D eigenvalue weighted by Crippen LogP contribution is -2.37. The van der Waals surface area contributed by atoms with Gasteiger partial charge >= 0.3 is 0 Å². The average molecular weight is 426 g/mol. The molecule has 4 aromatic rings. The molecule has 0 unspecified atom stereocenters. The Kier molecular flexibility index (Phi) is 5.60. The predicted octanol–water partition coefficient (Wildman–Crippen LogP) is 4.90. The van der Waals surface area contributed by atoms with E-state index in [-0.39, 0.29) is 0 Å². The van der Waals surface area contributed by atoms with Crippen LogP contribution in [0.2, 0.25) is 0 Å². The maximum Gasteiger partial charge on any atom is 0.133 e. The third-order valence-electron chi connectivity index (χ3n) is 5.97. The van der Waals surface area contributed by atoms with Crippen LogP contribution in [0, 0.1) is 13.8 Å². The zero-order valence-corrected chi connectivity index (χ0v) is 18.5. The number of rotatable bonds is 5. The highest BCUT2D eigenvalue weighted by atomic mass is 16.5. The van der Waals surface area contributed by atoms with Crippen LogP contribution in [0.5, 0.6) is 0 Å². The number of nitrogens with one attached hydrogen (secondary N) is 1. The highest BCUT2D eigenvalue weighted by Gasteiger charge is 2.19. The smallest absolute Gasteiger partial charge is 0.133 e. The van der Waals surface area contributed by atoms with Gasteiger partial charge in [-0.3, -0.25) is 5.43 Å². The number of ether oxygens (including phenoxy) is 1. The van der Waals surface area contributed by atoms with Crippen molar-refractivity contribution in [3.63, 3.8) is 0 Å². The van der Waals surface area contributed by atoms with E-state index < -0.39 is 0 Å². The molecule has 1 fully saturated rings. The first-order valence-corrected chi connectivity index (χ1v) is 11.0. The standard InChI is InChI=1S/C26H27N5O/c1-19-8-6-7-11-22(19)18-27-28-23-17-26(30-12-14-32-15-13-30)31-25(20(23)2)16-24(29-31)21-9-4-3-5-10-21/h3-11,16-18,28H,12-15H2,1-2H3/b27-18+. The van der Waals surface area contributed by atoms with E-state index in [0.29, 0.717) is 0 Å². The van der Waals surface area contributed by atoms with Crippen LogP contribution < -0.4 is 10.3 Å². The third kappa shape index (κ3) is 3.97. The summed E-state index contributed by atoms with van der Waals surface area (Å²) in [6.07, 6.45) is 1.87. The van der Waals surface area contributed by atoms with E-state index in [1.807, 2.05) is 36.5 Å². The van der Waals surface area contributed by atoms with Crippen LogP contribution in [0.3, 0.4) is 0 Å². The number of morpholine rings is 1. The van der Waals surface area contributed by atoms with Gasteiger partial charge in [-0.1, -0.05) is 54.6 Å². The van der Waals surface area contributed by atoms with Crippen LogP contribution in [0.25, 0.3) is 16.8 Å². The molecule has 2 aromatic carbocycles. The fourth-order valence-electron chi connectivity index (χ4n) is 4.05. The molecular weight excluding hydrogens is 398 g/mol. The van der Waals surface area contributed by atoms with Gasteiger partial charge in [0.2, 0.25) is 0 Å². The summed E-state index contributed by atoms with van der Waals surface area (Å²) in [4.78, 5) is 2.33. The normalized spacial score (nSPS) is 14.4. The molecule has 2 aromatic heterocycles. The molecule has 162 valence electrons. The van der Waals surface area contributed by atoms with E-state index in [1.54, 1.807) is 0 Å². The van der Waals surface area contributed by atoms with Gasteiger partial charge in [-0.25, -0.2) is 4.52 Å². The predicted molar refractivity (Wildman–Crippen MR) is 131 cm³/mol. The molecule has 3 heterocycles. The summed E-state index contributed by atoms with van der Waals surface area (Å²) >= 11 is 0. The molecule has 1 N–H and O–H groups in total. The molecule has 1 saturated heterocycles. The van der Waals surface area contributed by atoms with E-state index in [2.05, 4.69) is 70.2 Å². The Morgan fingerprint density at radius 1 is 0.969 bits per heavy atom. The second-order valence-corrected chi connectivity index (χ2v) is 8.06.